The molecule has 0 bridgehead atoms. The Morgan fingerprint density at radius 3 is 2.84 bits per heavy atom. The van der Waals surface area contributed by atoms with Crippen molar-refractivity contribution in [2.24, 2.45) is 0 Å². The third-order valence-electron chi connectivity index (χ3n) is 3.22. The van der Waals surface area contributed by atoms with E-state index >= 15 is 0 Å². The van der Waals surface area contributed by atoms with Crippen LogP contribution in [0.3, 0.4) is 0 Å². The maximum Gasteiger partial charge on any atom is 0.337 e. The van der Waals surface area contributed by atoms with Crippen LogP contribution in [0.4, 0.5) is 5.69 Å². The van der Waals surface area contributed by atoms with Crippen LogP contribution in [0.15, 0.2) is 24.3 Å². The molecule has 2 unspecified atom stereocenters. The van der Waals surface area contributed by atoms with E-state index in [9.17, 15) is 14.7 Å². The second-order valence-electron chi connectivity index (χ2n) is 4.82. The molecule has 6 heteroatoms. The third kappa shape index (κ3) is 2.68. The number of benzene rings is 1. The topological polar surface area (TPSA) is 98.7 Å². The number of carbonyl (C=O) groups excluding carboxylic acids is 1. The largest absolute Gasteiger partial charge is 0.479 e. The average Bonchev–Trinajstić information content (AvgIpc) is 2.79. The molecule has 0 fully saturated rings. The lowest BCUT2D eigenvalue weighted by molar-refractivity contribution is -0.156. The first-order chi connectivity index (χ1) is 8.92. The highest BCUT2D eigenvalue weighted by Crippen LogP contribution is 2.30. The molecule has 0 saturated carbocycles. The van der Waals surface area contributed by atoms with Gasteiger partial charge in [-0.2, -0.15) is 0 Å². The summed E-state index contributed by atoms with van der Waals surface area (Å²) in [4.78, 5) is 22.8. The lowest BCUT2D eigenvalue weighted by atomic mass is 10.00. The summed E-state index contributed by atoms with van der Waals surface area (Å²) in [6, 6.07) is 7.46. The molecule has 0 aromatic heterocycles. The Bertz CT molecular complexity index is 513. The second kappa shape index (κ2) is 4.89. The van der Waals surface area contributed by atoms with Gasteiger partial charge in [0, 0.05) is 12.2 Å². The average molecular weight is 264 g/mol. The minimum absolute atomic E-state index is 0.293. The molecule has 0 spiro atoms. The maximum atomic E-state index is 12.0. The van der Waals surface area contributed by atoms with Crippen molar-refractivity contribution >= 4 is 17.6 Å². The van der Waals surface area contributed by atoms with Crippen LogP contribution in [0.2, 0.25) is 0 Å². The van der Waals surface area contributed by atoms with Crippen molar-refractivity contribution in [1.82, 2.24) is 5.32 Å². The first-order valence-electron chi connectivity index (χ1n) is 5.98. The molecule has 1 heterocycles. The van der Waals surface area contributed by atoms with Gasteiger partial charge in [0.1, 0.15) is 0 Å². The van der Waals surface area contributed by atoms with Gasteiger partial charge >= 0.3 is 5.97 Å². The molecule has 1 amide bonds. The van der Waals surface area contributed by atoms with Crippen molar-refractivity contribution in [2.45, 2.75) is 18.4 Å². The molecule has 4 N–H and O–H groups in total. The molecular weight excluding hydrogens is 248 g/mol. The number of para-hydroxylation sites is 1. The zero-order valence-corrected chi connectivity index (χ0v) is 10.5. The molecule has 2 rings (SSSR count). The number of nitrogens with one attached hydrogen (secondary N) is 2. The molecule has 6 nitrogen and oxygen atoms in total. The summed E-state index contributed by atoms with van der Waals surface area (Å²) in [6.45, 7) is 1.30. The van der Waals surface area contributed by atoms with Gasteiger partial charge < -0.3 is 20.8 Å². The Labute approximate surface area is 110 Å². The smallest absolute Gasteiger partial charge is 0.337 e. The number of carboxylic acid groups (broad SMARTS) is 1. The van der Waals surface area contributed by atoms with Gasteiger partial charge in [-0.05, 0) is 18.6 Å². The number of aliphatic carboxylic acids is 1. The van der Waals surface area contributed by atoms with Crippen LogP contribution in [0, 0.1) is 0 Å². The zero-order valence-electron chi connectivity index (χ0n) is 10.5. The van der Waals surface area contributed by atoms with Gasteiger partial charge in [-0.15, -0.1) is 0 Å². The standard InChI is InChI=1S/C13H16N2O4/c1-13(19,12(17)18)7-15-11(16)9-6-14-10-5-3-2-4-8(9)10/h2-5,9,14,19H,6-7H2,1H3,(H,15,16)(H,17,18). The van der Waals surface area contributed by atoms with Crippen LogP contribution >= 0.6 is 0 Å². The molecule has 0 saturated heterocycles. The van der Waals surface area contributed by atoms with E-state index in [1.165, 1.54) is 0 Å². The quantitative estimate of drug-likeness (QED) is 0.620. The van der Waals surface area contributed by atoms with Gasteiger partial charge in [0.2, 0.25) is 5.91 Å². The zero-order chi connectivity index (χ0) is 14.0. The maximum absolute atomic E-state index is 12.0. The summed E-state index contributed by atoms with van der Waals surface area (Å²) in [7, 11) is 0. The number of hydrogen-bond donors (Lipinski definition) is 4. The van der Waals surface area contributed by atoms with E-state index in [-0.39, 0.29) is 18.4 Å². The highest BCUT2D eigenvalue weighted by atomic mass is 16.4. The third-order valence-corrected chi connectivity index (χ3v) is 3.22. The van der Waals surface area contributed by atoms with E-state index in [4.69, 9.17) is 5.11 Å². The highest BCUT2D eigenvalue weighted by Gasteiger charge is 2.33. The van der Waals surface area contributed by atoms with Crippen molar-refractivity contribution in [3.8, 4) is 0 Å². The van der Waals surface area contributed by atoms with E-state index in [1.54, 1.807) is 0 Å². The molecule has 0 aliphatic carbocycles. The van der Waals surface area contributed by atoms with E-state index in [0.29, 0.717) is 6.54 Å². The Morgan fingerprint density at radius 1 is 1.47 bits per heavy atom. The number of carbonyl (C=O) groups is 2. The van der Waals surface area contributed by atoms with E-state index in [0.717, 1.165) is 18.2 Å². The highest BCUT2D eigenvalue weighted by molar-refractivity contribution is 5.88. The van der Waals surface area contributed by atoms with Crippen molar-refractivity contribution in [3.05, 3.63) is 29.8 Å². The number of fused-ring (bicyclic) bond motifs is 1. The molecule has 0 radical (unpaired) electrons. The molecule has 1 aliphatic heterocycles. The van der Waals surface area contributed by atoms with Crippen LogP contribution in [0.25, 0.3) is 0 Å². The summed E-state index contributed by atoms with van der Waals surface area (Å²) in [6.07, 6.45) is 0. The lowest BCUT2D eigenvalue weighted by Gasteiger charge is -2.19. The Morgan fingerprint density at radius 2 is 2.16 bits per heavy atom. The van der Waals surface area contributed by atoms with Gasteiger partial charge in [-0.25, -0.2) is 4.79 Å². The van der Waals surface area contributed by atoms with Crippen LogP contribution in [-0.2, 0) is 9.59 Å². The minimum atomic E-state index is -1.96. The van der Waals surface area contributed by atoms with Crippen LogP contribution in [0.1, 0.15) is 18.4 Å². The number of hydrogen-bond acceptors (Lipinski definition) is 4. The SMILES string of the molecule is CC(O)(CNC(=O)C1CNc2ccccc21)C(=O)O. The molecule has 1 aromatic rings. The Balaban J connectivity index is 2.01. The van der Waals surface area contributed by atoms with Gasteiger partial charge in [0.05, 0.1) is 12.5 Å². The van der Waals surface area contributed by atoms with Crippen LogP contribution < -0.4 is 10.6 Å². The summed E-state index contributed by atoms with van der Waals surface area (Å²) in [5.74, 6) is -2.02. The van der Waals surface area contributed by atoms with Crippen molar-refractivity contribution < 1.29 is 19.8 Å². The Hall–Kier alpha value is -2.08. The number of anilines is 1. The van der Waals surface area contributed by atoms with Gasteiger partial charge in [0.25, 0.3) is 0 Å². The number of aliphatic hydroxyl groups is 1. The van der Waals surface area contributed by atoms with Crippen molar-refractivity contribution in [2.75, 3.05) is 18.4 Å². The van der Waals surface area contributed by atoms with Crippen LogP contribution in [-0.4, -0.2) is 40.8 Å². The summed E-state index contributed by atoms with van der Waals surface area (Å²) >= 11 is 0. The Kier molecular flexibility index (Phi) is 3.44. The minimum Gasteiger partial charge on any atom is -0.479 e. The second-order valence-corrected chi connectivity index (χ2v) is 4.82. The molecule has 1 aliphatic rings. The van der Waals surface area contributed by atoms with Crippen molar-refractivity contribution in [3.63, 3.8) is 0 Å². The summed E-state index contributed by atoms with van der Waals surface area (Å²) in [5.41, 5.74) is -0.163. The van der Waals surface area contributed by atoms with Crippen LogP contribution in [0.5, 0.6) is 0 Å². The molecule has 1 aromatic carbocycles. The number of amides is 1. The summed E-state index contributed by atoms with van der Waals surface area (Å²) < 4.78 is 0. The fourth-order valence-electron chi connectivity index (χ4n) is 1.98. The summed E-state index contributed by atoms with van der Waals surface area (Å²) in [5, 5.41) is 23.9. The molecule has 19 heavy (non-hydrogen) atoms. The van der Waals surface area contributed by atoms with E-state index in [2.05, 4.69) is 10.6 Å². The van der Waals surface area contributed by atoms with E-state index in [1.807, 2.05) is 24.3 Å². The molecular formula is C13H16N2O4. The number of rotatable bonds is 4. The van der Waals surface area contributed by atoms with Gasteiger partial charge in [-0.1, -0.05) is 18.2 Å². The van der Waals surface area contributed by atoms with E-state index < -0.39 is 11.6 Å². The van der Waals surface area contributed by atoms with Gasteiger partial charge in [-0.3, -0.25) is 4.79 Å². The number of carboxylic acids is 1. The lowest BCUT2D eigenvalue weighted by Crippen LogP contribution is -2.47. The van der Waals surface area contributed by atoms with Gasteiger partial charge in [0.15, 0.2) is 5.60 Å². The fraction of sp³-hybridized carbons (Fsp3) is 0.385. The molecule has 102 valence electrons. The predicted octanol–water partition coefficient (Wildman–Crippen LogP) is 0.147. The monoisotopic (exact) mass is 264 g/mol. The van der Waals surface area contributed by atoms with Crippen molar-refractivity contribution in [1.29, 1.82) is 0 Å². The fourth-order valence-corrected chi connectivity index (χ4v) is 1.98. The predicted molar refractivity (Wildman–Crippen MR) is 68.9 cm³/mol. The first kappa shape index (κ1) is 13.4. The molecule has 2 atom stereocenters. The normalized spacial score (nSPS) is 20.0. The first-order valence-corrected chi connectivity index (χ1v) is 5.98.